The lowest BCUT2D eigenvalue weighted by atomic mass is 10.1. The number of hydrogen-bond donors (Lipinski definition) is 1. The summed E-state index contributed by atoms with van der Waals surface area (Å²) in [4.78, 5) is 13.0. The molecule has 7 heteroatoms. The minimum atomic E-state index is -3.36. The summed E-state index contributed by atoms with van der Waals surface area (Å²) in [6.45, 7) is 6.16. The molecule has 1 N–H and O–H groups in total. The van der Waals surface area contributed by atoms with Gasteiger partial charge in [0, 0.05) is 24.5 Å². The second kappa shape index (κ2) is 8.87. The fourth-order valence-electron chi connectivity index (χ4n) is 2.49. The van der Waals surface area contributed by atoms with E-state index in [1.807, 2.05) is 0 Å². The first-order chi connectivity index (χ1) is 11.4. The van der Waals surface area contributed by atoms with E-state index >= 15 is 0 Å². The Hall–Kier alpha value is -1.05. The highest BCUT2D eigenvalue weighted by Crippen LogP contribution is 2.24. The molecule has 0 unspecified atom stereocenters. The van der Waals surface area contributed by atoms with E-state index in [4.69, 9.17) is 0 Å². The van der Waals surface area contributed by atoms with Crippen molar-refractivity contribution in [2.75, 3.05) is 25.4 Å². The van der Waals surface area contributed by atoms with E-state index in [9.17, 15) is 13.2 Å². The first-order valence-corrected chi connectivity index (χ1v) is 10.8. The van der Waals surface area contributed by atoms with E-state index in [2.05, 4.69) is 19.2 Å². The average Bonchev–Trinajstić information content (AvgIpc) is 3.08. The van der Waals surface area contributed by atoms with Crippen molar-refractivity contribution in [2.45, 2.75) is 42.9 Å². The fourth-order valence-corrected chi connectivity index (χ4v) is 4.73. The first kappa shape index (κ1) is 19.3. The summed E-state index contributed by atoms with van der Waals surface area (Å²) in [6, 6.07) is 6.81. The number of hydrogen-bond acceptors (Lipinski definition) is 4. The molecular weight excluding hydrogens is 344 g/mol. The normalized spacial score (nSPS) is 15.8. The Labute approximate surface area is 149 Å². The van der Waals surface area contributed by atoms with Crippen LogP contribution in [-0.4, -0.2) is 44.0 Å². The second-order valence-electron chi connectivity index (χ2n) is 6.40. The van der Waals surface area contributed by atoms with E-state index in [0.29, 0.717) is 36.2 Å². The second-order valence-corrected chi connectivity index (χ2v) is 9.39. The average molecular weight is 371 g/mol. The van der Waals surface area contributed by atoms with Gasteiger partial charge in [0.2, 0.25) is 15.9 Å². The van der Waals surface area contributed by atoms with Gasteiger partial charge in [0.25, 0.3) is 0 Å². The zero-order chi connectivity index (χ0) is 17.6. The van der Waals surface area contributed by atoms with Crippen molar-refractivity contribution in [3.8, 4) is 0 Å². The Morgan fingerprint density at radius 1 is 1.21 bits per heavy atom. The minimum Gasteiger partial charge on any atom is -0.355 e. The number of carbonyl (C=O) groups is 1. The third kappa shape index (κ3) is 5.50. The Morgan fingerprint density at radius 2 is 1.83 bits per heavy atom. The third-order valence-electron chi connectivity index (χ3n) is 3.94. The summed E-state index contributed by atoms with van der Waals surface area (Å²) in [7, 11) is -3.36. The maximum atomic E-state index is 12.4. The molecule has 0 aromatic heterocycles. The van der Waals surface area contributed by atoms with Gasteiger partial charge in [-0.1, -0.05) is 13.8 Å². The molecule has 1 saturated heterocycles. The maximum absolute atomic E-state index is 12.4. The number of benzene rings is 1. The summed E-state index contributed by atoms with van der Waals surface area (Å²) >= 11 is 1.42. The van der Waals surface area contributed by atoms with Gasteiger partial charge in [-0.2, -0.15) is 4.31 Å². The van der Waals surface area contributed by atoms with E-state index in [1.54, 1.807) is 24.3 Å². The summed E-state index contributed by atoms with van der Waals surface area (Å²) in [5.74, 6) is 0.925. The van der Waals surface area contributed by atoms with Gasteiger partial charge in [-0.15, -0.1) is 11.8 Å². The molecule has 134 valence electrons. The van der Waals surface area contributed by atoms with Crippen LogP contribution in [0.4, 0.5) is 0 Å². The predicted molar refractivity (Wildman–Crippen MR) is 97.6 cm³/mol. The summed E-state index contributed by atoms with van der Waals surface area (Å²) in [6.07, 6.45) is 2.83. The van der Waals surface area contributed by atoms with E-state index in [1.165, 1.54) is 16.1 Å². The van der Waals surface area contributed by atoms with E-state index in [-0.39, 0.29) is 5.91 Å². The van der Waals surface area contributed by atoms with Crippen LogP contribution in [0.2, 0.25) is 0 Å². The van der Waals surface area contributed by atoms with E-state index < -0.39 is 10.0 Å². The molecule has 1 fully saturated rings. The minimum absolute atomic E-state index is 0.00872. The van der Waals surface area contributed by atoms with Crippen molar-refractivity contribution in [1.29, 1.82) is 0 Å². The van der Waals surface area contributed by atoms with Crippen LogP contribution < -0.4 is 5.32 Å². The maximum Gasteiger partial charge on any atom is 0.243 e. The largest absolute Gasteiger partial charge is 0.355 e. The van der Waals surface area contributed by atoms with Crippen LogP contribution in [0, 0.1) is 5.92 Å². The molecule has 1 aliphatic heterocycles. The smallest absolute Gasteiger partial charge is 0.243 e. The number of sulfonamides is 1. The van der Waals surface area contributed by atoms with Crippen LogP contribution in [-0.2, 0) is 14.8 Å². The zero-order valence-electron chi connectivity index (χ0n) is 14.3. The van der Waals surface area contributed by atoms with Gasteiger partial charge < -0.3 is 5.32 Å². The molecule has 1 heterocycles. The highest BCUT2D eigenvalue weighted by molar-refractivity contribution is 8.00. The van der Waals surface area contributed by atoms with Crippen LogP contribution in [0.15, 0.2) is 34.1 Å². The van der Waals surface area contributed by atoms with Crippen molar-refractivity contribution < 1.29 is 13.2 Å². The number of nitrogens with zero attached hydrogens (tertiary/aromatic N) is 1. The molecule has 0 radical (unpaired) electrons. The highest BCUT2D eigenvalue weighted by atomic mass is 32.2. The highest BCUT2D eigenvalue weighted by Gasteiger charge is 2.26. The van der Waals surface area contributed by atoms with Crippen LogP contribution in [0.5, 0.6) is 0 Å². The fraction of sp³-hybridized carbons (Fsp3) is 0.588. The molecular formula is C17H26N2O3S2. The van der Waals surface area contributed by atoms with Crippen molar-refractivity contribution in [2.24, 2.45) is 5.92 Å². The molecule has 24 heavy (non-hydrogen) atoms. The van der Waals surface area contributed by atoms with Gasteiger partial charge in [0.05, 0.1) is 10.6 Å². The molecule has 1 aromatic rings. The quantitative estimate of drug-likeness (QED) is 0.715. The van der Waals surface area contributed by atoms with Crippen molar-refractivity contribution in [3.63, 3.8) is 0 Å². The number of amides is 1. The third-order valence-corrected chi connectivity index (χ3v) is 6.87. The standard InChI is InChI=1S/C17H26N2O3S2/c1-14(2)9-10-18-17(20)13-23-15-5-7-16(8-6-15)24(21,22)19-11-3-4-12-19/h5-8,14H,3-4,9-13H2,1-2H3,(H,18,20). The summed E-state index contributed by atoms with van der Waals surface area (Å²) in [5.41, 5.74) is 0. The van der Waals surface area contributed by atoms with Gasteiger partial charge in [-0.3, -0.25) is 4.79 Å². The van der Waals surface area contributed by atoms with Crippen LogP contribution >= 0.6 is 11.8 Å². The van der Waals surface area contributed by atoms with Crippen molar-refractivity contribution >= 4 is 27.7 Å². The van der Waals surface area contributed by atoms with Crippen LogP contribution in [0.1, 0.15) is 33.1 Å². The molecule has 1 amide bonds. The molecule has 0 saturated carbocycles. The zero-order valence-corrected chi connectivity index (χ0v) is 16.0. The number of thioether (sulfide) groups is 1. The van der Waals surface area contributed by atoms with Gasteiger partial charge in [-0.25, -0.2) is 8.42 Å². The lowest BCUT2D eigenvalue weighted by molar-refractivity contribution is -0.118. The van der Waals surface area contributed by atoms with E-state index in [0.717, 1.165) is 24.2 Å². The summed E-state index contributed by atoms with van der Waals surface area (Å²) < 4.78 is 26.4. The van der Waals surface area contributed by atoms with Gasteiger partial charge in [0.15, 0.2) is 0 Å². The molecule has 0 spiro atoms. The van der Waals surface area contributed by atoms with Crippen molar-refractivity contribution in [1.82, 2.24) is 9.62 Å². The van der Waals surface area contributed by atoms with Crippen molar-refractivity contribution in [3.05, 3.63) is 24.3 Å². The van der Waals surface area contributed by atoms with Gasteiger partial charge >= 0.3 is 0 Å². The van der Waals surface area contributed by atoms with Crippen LogP contribution in [0.25, 0.3) is 0 Å². The van der Waals surface area contributed by atoms with Crippen LogP contribution in [0.3, 0.4) is 0 Å². The molecule has 5 nitrogen and oxygen atoms in total. The first-order valence-electron chi connectivity index (χ1n) is 8.39. The van der Waals surface area contributed by atoms with Gasteiger partial charge in [-0.05, 0) is 49.4 Å². The lowest BCUT2D eigenvalue weighted by Crippen LogP contribution is -2.27. The molecule has 0 atom stereocenters. The predicted octanol–water partition coefficient (Wildman–Crippen LogP) is 2.73. The monoisotopic (exact) mass is 370 g/mol. The topological polar surface area (TPSA) is 66.5 Å². The lowest BCUT2D eigenvalue weighted by Gasteiger charge is -2.15. The molecule has 0 bridgehead atoms. The Balaban J connectivity index is 1.85. The Kier molecular flexibility index (Phi) is 7.13. The Morgan fingerprint density at radius 3 is 2.42 bits per heavy atom. The SMILES string of the molecule is CC(C)CCNC(=O)CSc1ccc(S(=O)(=O)N2CCCC2)cc1. The number of rotatable bonds is 8. The number of carbonyl (C=O) groups excluding carboxylic acids is 1. The van der Waals surface area contributed by atoms with Gasteiger partial charge in [0.1, 0.15) is 0 Å². The number of nitrogens with one attached hydrogen (secondary N) is 1. The molecule has 1 aromatic carbocycles. The molecule has 1 aliphatic rings. The Bertz CT molecular complexity index is 636. The molecule has 0 aliphatic carbocycles. The molecule has 2 rings (SSSR count). The summed E-state index contributed by atoms with van der Waals surface area (Å²) in [5, 5.41) is 2.89.